The SMILES string of the molecule is CCc1ccc(CSCC(C)NC)o1. The van der Waals surface area contributed by atoms with Crippen LogP contribution in [-0.4, -0.2) is 18.8 Å². The van der Waals surface area contributed by atoms with E-state index >= 15 is 0 Å². The molecule has 0 spiro atoms. The first-order valence-corrected chi connectivity index (χ1v) is 6.24. The van der Waals surface area contributed by atoms with E-state index in [4.69, 9.17) is 4.42 Å². The summed E-state index contributed by atoms with van der Waals surface area (Å²) in [5.41, 5.74) is 0. The van der Waals surface area contributed by atoms with Crippen LogP contribution in [0.4, 0.5) is 0 Å². The molecule has 1 unspecified atom stereocenters. The molecule has 0 amide bonds. The van der Waals surface area contributed by atoms with Crippen LogP contribution < -0.4 is 5.32 Å². The Morgan fingerprint density at radius 1 is 1.43 bits per heavy atom. The first-order chi connectivity index (χ1) is 6.76. The maximum Gasteiger partial charge on any atom is 0.114 e. The van der Waals surface area contributed by atoms with Gasteiger partial charge in [-0.2, -0.15) is 11.8 Å². The van der Waals surface area contributed by atoms with Crippen LogP contribution in [0.15, 0.2) is 16.5 Å². The van der Waals surface area contributed by atoms with Gasteiger partial charge in [-0.05, 0) is 26.1 Å². The molecule has 0 saturated carbocycles. The number of rotatable bonds is 6. The Morgan fingerprint density at radius 2 is 2.14 bits per heavy atom. The molecule has 0 fully saturated rings. The minimum Gasteiger partial charge on any atom is -0.465 e. The number of aryl methyl sites for hydroxylation is 1. The van der Waals surface area contributed by atoms with Crippen molar-refractivity contribution in [3.63, 3.8) is 0 Å². The average molecular weight is 213 g/mol. The zero-order valence-corrected chi connectivity index (χ0v) is 9.99. The van der Waals surface area contributed by atoms with Crippen molar-refractivity contribution < 1.29 is 4.42 Å². The van der Waals surface area contributed by atoms with Crippen LogP contribution in [-0.2, 0) is 12.2 Å². The number of hydrogen-bond acceptors (Lipinski definition) is 3. The Hall–Kier alpha value is -0.410. The fourth-order valence-corrected chi connectivity index (χ4v) is 2.10. The second-order valence-electron chi connectivity index (χ2n) is 3.43. The normalized spacial score (nSPS) is 13.1. The Balaban J connectivity index is 2.24. The molecule has 1 aromatic rings. The zero-order valence-electron chi connectivity index (χ0n) is 9.17. The molecular formula is C11H19NOS. The summed E-state index contributed by atoms with van der Waals surface area (Å²) in [7, 11) is 1.99. The monoisotopic (exact) mass is 213 g/mol. The van der Waals surface area contributed by atoms with Crippen LogP contribution in [0.5, 0.6) is 0 Å². The predicted molar refractivity (Wildman–Crippen MR) is 62.8 cm³/mol. The van der Waals surface area contributed by atoms with Gasteiger partial charge in [-0.3, -0.25) is 0 Å². The Bertz CT molecular complexity index is 260. The lowest BCUT2D eigenvalue weighted by Gasteiger charge is -2.07. The highest BCUT2D eigenvalue weighted by atomic mass is 32.2. The lowest BCUT2D eigenvalue weighted by molar-refractivity contribution is 0.485. The largest absolute Gasteiger partial charge is 0.465 e. The summed E-state index contributed by atoms with van der Waals surface area (Å²) < 4.78 is 5.61. The molecule has 1 rings (SSSR count). The fourth-order valence-electron chi connectivity index (χ4n) is 1.11. The van der Waals surface area contributed by atoms with E-state index in [0.717, 1.165) is 29.4 Å². The van der Waals surface area contributed by atoms with Gasteiger partial charge in [0.25, 0.3) is 0 Å². The van der Waals surface area contributed by atoms with Crippen LogP contribution in [0.2, 0.25) is 0 Å². The van der Waals surface area contributed by atoms with E-state index in [9.17, 15) is 0 Å². The maximum atomic E-state index is 5.61. The Morgan fingerprint density at radius 3 is 2.71 bits per heavy atom. The summed E-state index contributed by atoms with van der Waals surface area (Å²) in [6.45, 7) is 4.30. The van der Waals surface area contributed by atoms with Gasteiger partial charge in [-0.1, -0.05) is 6.92 Å². The number of hydrogen-bond donors (Lipinski definition) is 1. The molecule has 14 heavy (non-hydrogen) atoms. The van der Waals surface area contributed by atoms with Gasteiger partial charge in [0.1, 0.15) is 11.5 Å². The minimum atomic E-state index is 0.570. The Labute approximate surface area is 90.5 Å². The van der Waals surface area contributed by atoms with Crippen molar-refractivity contribution >= 4 is 11.8 Å². The molecule has 1 heterocycles. The molecule has 1 aromatic heterocycles. The molecule has 0 aliphatic carbocycles. The standard InChI is InChI=1S/C11H19NOS/c1-4-10-5-6-11(13-10)8-14-7-9(2)12-3/h5-6,9,12H,4,7-8H2,1-3H3. The number of thioether (sulfide) groups is 1. The summed E-state index contributed by atoms with van der Waals surface area (Å²) in [4.78, 5) is 0. The van der Waals surface area contributed by atoms with Gasteiger partial charge in [-0.25, -0.2) is 0 Å². The van der Waals surface area contributed by atoms with Gasteiger partial charge in [0, 0.05) is 18.2 Å². The van der Waals surface area contributed by atoms with E-state index in [-0.39, 0.29) is 0 Å². The lowest BCUT2D eigenvalue weighted by Crippen LogP contribution is -2.23. The van der Waals surface area contributed by atoms with Crippen molar-refractivity contribution in [3.8, 4) is 0 Å². The van der Waals surface area contributed by atoms with E-state index < -0.39 is 0 Å². The van der Waals surface area contributed by atoms with E-state index in [1.807, 2.05) is 18.8 Å². The van der Waals surface area contributed by atoms with Crippen LogP contribution >= 0.6 is 11.8 Å². The first-order valence-electron chi connectivity index (χ1n) is 5.08. The maximum absolute atomic E-state index is 5.61. The summed E-state index contributed by atoms with van der Waals surface area (Å²) in [6, 6.07) is 4.72. The fraction of sp³-hybridized carbons (Fsp3) is 0.636. The van der Waals surface area contributed by atoms with E-state index in [0.29, 0.717) is 6.04 Å². The van der Waals surface area contributed by atoms with E-state index in [1.165, 1.54) is 0 Å². The summed E-state index contributed by atoms with van der Waals surface area (Å²) in [5, 5.41) is 3.22. The molecule has 3 heteroatoms. The molecule has 0 aliphatic rings. The third kappa shape index (κ3) is 3.76. The van der Waals surface area contributed by atoms with Gasteiger partial charge in [0.05, 0.1) is 5.75 Å². The molecule has 80 valence electrons. The van der Waals surface area contributed by atoms with Crippen molar-refractivity contribution in [2.45, 2.75) is 32.1 Å². The van der Waals surface area contributed by atoms with Crippen molar-refractivity contribution in [2.75, 3.05) is 12.8 Å². The zero-order chi connectivity index (χ0) is 10.4. The molecule has 2 nitrogen and oxygen atoms in total. The summed E-state index contributed by atoms with van der Waals surface area (Å²) >= 11 is 1.91. The number of furan rings is 1. The van der Waals surface area contributed by atoms with Crippen molar-refractivity contribution in [1.29, 1.82) is 0 Å². The molecule has 1 N–H and O–H groups in total. The quantitative estimate of drug-likeness (QED) is 0.786. The number of nitrogens with one attached hydrogen (secondary N) is 1. The highest BCUT2D eigenvalue weighted by Gasteiger charge is 2.02. The molecule has 0 aromatic carbocycles. The predicted octanol–water partition coefficient (Wildman–Crippen LogP) is 2.68. The van der Waals surface area contributed by atoms with Crippen LogP contribution in [0.3, 0.4) is 0 Å². The third-order valence-electron chi connectivity index (χ3n) is 2.17. The lowest BCUT2D eigenvalue weighted by atomic mass is 10.4. The van der Waals surface area contributed by atoms with Gasteiger partial charge < -0.3 is 9.73 Å². The van der Waals surface area contributed by atoms with Crippen molar-refractivity contribution in [3.05, 3.63) is 23.7 Å². The van der Waals surface area contributed by atoms with E-state index in [1.54, 1.807) is 0 Å². The summed E-state index contributed by atoms with van der Waals surface area (Å²) in [6.07, 6.45) is 0.984. The molecule has 0 saturated heterocycles. The molecule has 0 aliphatic heterocycles. The molecular weight excluding hydrogens is 194 g/mol. The highest BCUT2D eigenvalue weighted by Crippen LogP contribution is 2.16. The Kier molecular flexibility index (Phi) is 5.12. The topological polar surface area (TPSA) is 25.2 Å². The van der Waals surface area contributed by atoms with Gasteiger partial charge in [-0.15, -0.1) is 0 Å². The van der Waals surface area contributed by atoms with E-state index in [2.05, 4.69) is 31.3 Å². The third-order valence-corrected chi connectivity index (χ3v) is 3.40. The average Bonchev–Trinajstić information content (AvgIpc) is 2.65. The molecule has 0 bridgehead atoms. The van der Waals surface area contributed by atoms with Gasteiger partial charge in [0.15, 0.2) is 0 Å². The van der Waals surface area contributed by atoms with Gasteiger partial charge >= 0.3 is 0 Å². The molecule has 0 radical (unpaired) electrons. The molecule has 1 atom stereocenters. The van der Waals surface area contributed by atoms with Crippen molar-refractivity contribution in [1.82, 2.24) is 5.32 Å². The smallest absolute Gasteiger partial charge is 0.114 e. The van der Waals surface area contributed by atoms with Crippen molar-refractivity contribution in [2.24, 2.45) is 0 Å². The van der Waals surface area contributed by atoms with Gasteiger partial charge in [0.2, 0.25) is 0 Å². The van der Waals surface area contributed by atoms with Crippen LogP contribution in [0.1, 0.15) is 25.4 Å². The second-order valence-corrected chi connectivity index (χ2v) is 4.46. The summed E-state index contributed by atoms with van der Waals surface area (Å²) in [5.74, 6) is 4.28. The minimum absolute atomic E-state index is 0.570. The first kappa shape index (κ1) is 11.7. The highest BCUT2D eigenvalue weighted by molar-refractivity contribution is 7.98. The van der Waals surface area contributed by atoms with Crippen LogP contribution in [0.25, 0.3) is 0 Å². The second kappa shape index (κ2) is 6.14. The van der Waals surface area contributed by atoms with Crippen LogP contribution in [0, 0.1) is 0 Å².